The lowest BCUT2D eigenvalue weighted by Crippen LogP contribution is -2.31. The van der Waals surface area contributed by atoms with E-state index in [9.17, 15) is 13.2 Å². The number of hydrogen-bond acceptors (Lipinski definition) is 5. The van der Waals surface area contributed by atoms with E-state index in [0.29, 0.717) is 17.2 Å². The number of sulfonamides is 1. The van der Waals surface area contributed by atoms with Crippen molar-refractivity contribution in [2.75, 3.05) is 25.1 Å². The molecular formula is C16H18N2O4S2. The van der Waals surface area contributed by atoms with Crippen LogP contribution in [0.15, 0.2) is 46.0 Å². The van der Waals surface area contributed by atoms with Crippen LogP contribution in [-0.4, -0.2) is 34.5 Å². The second-order valence-corrected chi connectivity index (χ2v) is 8.50. The maximum atomic E-state index is 12.2. The standard InChI is InChI=1S/C16H18N2O4S2/c1-22-14-6-4-13(5-7-14)18-11-12(9-15(18)19)10-17-24(20,21)16-3-2-8-23-16/h2-8,12,17H,9-11H2,1H3/t12-/m0/s1. The van der Waals surface area contributed by atoms with Gasteiger partial charge >= 0.3 is 0 Å². The minimum Gasteiger partial charge on any atom is -0.497 e. The highest BCUT2D eigenvalue weighted by Crippen LogP contribution is 2.27. The molecule has 1 aromatic carbocycles. The number of amides is 1. The molecule has 6 nitrogen and oxygen atoms in total. The van der Waals surface area contributed by atoms with Crippen LogP contribution in [0.25, 0.3) is 0 Å². The van der Waals surface area contributed by atoms with Crippen LogP contribution in [0.4, 0.5) is 5.69 Å². The summed E-state index contributed by atoms with van der Waals surface area (Å²) in [6.07, 6.45) is 0.332. The van der Waals surface area contributed by atoms with E-state index in [-0.39, 0.29) is 18.4 Å². The van der Waals surface area contributed by atoms with Crippen molar-refractivity contribution >= 4 is 33.0 Å². The van der Waals surface area contributed by atoms with Gasteiger partial charge in [0.25, 0.3) is 0 Å². The van der Waals surface area contributed by atoms with Gasteiger partial charge in [-0.2, -0.15) is 0 Å². The molecule has 1 aromatic heterocycles. The number of hydrogen-bond donors (Lipinski definition) is 1. The van der Waals surface area contributed by atoms with E-state index >= 15 is 0 Å². The van der Waals surface area contributed by atoms with Crippen LogP contribution in [0.3, 0.4) is 0 Å². The second kappa shape index (κ2) is 6.92. The van der Waals surface area contributed by atoms with E-state index in [1.165, 1.54) is 11.3 Å². The van der Waals surface area contributed by atoms with E-state index in [4.69, 9.17) is 4.74 Å². The molecule has 0 spiro atoms. The minimum absolute atomic E-state index is 0.000452. The minimum atomic E-state index is -3.49. The first-order chi connectivity index (χ1) is 11.5. The first-order valence-corrected chi connectivity index (χ1v) is 9.83. The topological polar surface area (TPSA) is 75.7 Å². The van der Waals surface area contributed by atoms with Gasteiger partial charge in [-0.3, -0.25) is 4.79 Å². The van der Waals surface area contributed by atoms with Crippen molar-refractivity contribution in [1.82, 2.24) is 4.72 Å². The lowest BCUT2D eigenvalue weighted by Gasteiger charge is -2.17. The highest BCUT2D eigenvalue weighted by atomic mass is 32.2. The molecule has 0 unspecified atom stereocenters. The Labute approximate surface area is 145 Å². The molecule has 8 heteroatoms. The molecular weight excluding hydrogens is 348 g/mol. The van der Waals surface area contributed by atoms with Crippen LogP contribution in [-0.2, 0) is 14.8 Å². The van der Waals surface area contributed by atoms with Gasteiger partial charge in [0.1, 0.15) is 9.96 Å². The van der Waals surface area contributed by atoms with Crippen molar-refractivity contribution in [1.29, 1.82) is 0 Å². The molecule has 1 aliphatic rings. The Morgan fingerprint density at radius 3 is 2.67 bits per heavy atom. The lowest BCUT2D eigenvalue weighted by molar-refractivity contribution is -0.117. The summed E-state index contributed by atoms with van der Waals surface area (Å²) < 4.78 is 32.3. The Hall–Kier alpha value is -1.90. The number of carbonyl (C=O) groups is 1. The molecule has 0 bridgehead atoms. The molecule has 0 saturated carbocycles. The Morgan fingerprint density at radius 1 is 1.29 bits per heavy atom. The number of ether oxygens (including phenoxy) is 1. The number of thiophene rings is 1. The molecule has 1 fully saturated rings. The van der Waals surface area contributed by atoms with Gasteiger partial charge in [0.2, 0.25) is 15.9 Å². The van der Waals surface area contributed by atoms with Crippen molar-refractivity contribution in [3.8, 4) is 5.75 Å². The molecule has 128 valence electrons. The Balaban J connectivity index is 1.62. The fourth-order valence-electron chi connectivity index (χ4n) is 2.65. The van der Waals surface area contributed by atoms with Crippen LogP contribution in [0.2, 0.25) is 0 Å². The van der Waals surface area contributed by atoms with Gasteiger partial charge in [0, 0.05) is 25.2 Å². The molecule has 2 heterocycles. The number of benzene rings is 1. The fraction of sp³-hybridized carbons (Fsp3) is 0.312. The monoisotopic (exact) mass is 366 g/mol. The largest absolute Gasteiger partial charge is 0.497 e. The third-order valence-electron chi connectivity index (χ3n) is 3.91. The summed E-state index contributed by atoms with van der Waals surface area (Å²) in [6.45, 7) is 0.747. The van der Waals surface area contributed by atoms with Crippen LogP contribution < -0.4 is 14.4 Å². The first-order valence-electron chi connectivity index (χ1n) is 7.47. The summed E-state index contributed by atoms with van der Waals surface area (Å²) in [5.41, 5.74) is 0.796. The molecule has 1 amide bonds. The predicted molar refractivity (Wildman–Crippen MR) is 93.0 cm³/mol. The van der Waals surface area contributed by atoms with E-state index in [2.05, 4.69) is 4.72 Å². The molecule has 24 heavy (non-hydrogen) atoms. The average Bonchev–Trinajstić information content (AvgIpc) is 3.23. The van der Waals surface area contributed by atoms with Crippen LogP contribution in [0.1, 0.15) is 6.42 Å². The van der Waals surface area contributed by atoms with Crippen molar-refractivity contribution in [2.45, 2.75) is 10.6 Å². The zero-order chi connectivity index (χ0) is 17.2. The summed E-state index contributed by atoms with van der Waals surface area (Å²) in [5.74, 6) is 0.681. The molecule has 1 saturated heterocycles. The smallest absolute Gasteiger partial charge is 0.250 e. The molecule has 0 aliphatic carbocycles. The molecule has 1 aliphatic heterocycles. The van der Waals surface area contributed by atoms with Gasteiger partial charge < -0.3 is 9.64 Å². The van der Waals surface area contributed by atoms with E-state index in [0.717, 1.165) is 11.4 Å². The van der Waals surface area contributed by atoms with E-state index in [1.807, 2.05) is 12.1 Å². The van der Waals surface area contributed by atoms with Gasteiger partial charge in [-0.1, -0.05) is 6.07 Å². The Kier molecular flexibility index (Phi) is 4.88. The van der Waals surface area contributed by atoms with Gasteiger partial charge in [-0.05, 0) is 41.6 Å². The van der Waals surface area contributed by atoms with Crippen molar-refractivity contribution in [3.05, 3.63) is 41.8 Å². The lowest BCUT2D eigenvalue weighted by atomic mass is 10.1. The average molecular weight is 366 g/mol. The fourth-order valence-corrected chi connectivity index (χ4v) is 4.80. The van der Waals surface area contributed by atoms with Crippen molar-refractivity contribution in [2.24, 2.45) is 5.92 Å². The molecule has 0 radical (unpaired) electrons. The van der Waals surface area contributed by atoms with Gasteiger partial charge in [0.15, 0.2) is 0 Å². The third-order valence-corrected chi connectivity index (χ3v) is 6.73. The van der Waals surface area contributed by atoms with E-state index in [1.54, 1.807) is 41.7 Å². The maximum Gasteiger partial charge on any atom is 0.250 e. The highest BCUT2D eigenvalue weighted by molar-refractivity contribution is 7.91. The highest BCUT2D eigenvalue weighted by Gasteiger charge is 2.31. The Bertz CT molecular complexity index is 801. The van der Waals surface area contributed by atoms with Gasteiger partial charge in [-0.15, -0.1) is 11.3 Å². The normalized spacial score (nSPS) is 18.1. The van der Waals surface area contributed by atoms with Crippen molar-refractivity contribution in [3.63, 3.8) is 0 Å². The molecule has 2 aromatic rings. The van der Waals surface area contributed by atoms with E-state index < -0.39 is 10.0 Å². The summed E-state index contributed by atoms with van der Waals surface area (Å²) in [5, 5.41) is 1.72. The van der Waals surface area contributed by atoms with Crippen molar-refractivity contribution < 1.29 is 17.9 Å². The number of nitrogens with zero attached hydrogens (tertiary/aromatic N) is 1. The van der Waals surface area contributed by atoms with Crippen LogP contribution in [0, 0.1) is 5.92 Å². The van der Waals surface area contributed by atoms with Gasteiger partial charge in [-0.25, -0.2) is 13.1 Å². The summed E-state index contributed by atoms with van der Waals surface area (Å²) in [4.78, 5) is 13.9. The third kappa shape index (κ3) is 3.61. The summed E-state index contributed by atoms with van der Waals surface area (Å²) in [6, 6.07) is 10.5. The predicted octanol–water partition coefficient (Wildman–Crippen LogP) is 2.09. The molecule has 3 rings (SSSR count). The number of carbonyl (C=O) groups excluding carboxylic acids is 1. The molecule has 1 atom stereocenters. The Morgan fingerprint density at radius 2 is 2.04 bits per heavy atom. The zero-order valence-corrected chi connectivity index (χ0v) is 14.8. The first kappa shape index (κ1) is 16.9. The number of rotatable bonds is 6. The van der Waals surface area contributed by atoms with Gasteiger partial charge in [0.05, 0.1) is 7.11 Å². The quantitative estimate of drug-likeness (QED) is 0.849. The molecule has 1 N–H and O–H groups in total. The van der Waals surface area contributed by atoms with Crippen LogP contribution in [0.5, 0.6) is 5.75 Å². The number of methoxy groups -OCH3 is 1. The van der Waals surface area contributed by atoms with Crippen LogP contribution >= 0.6 is 11.3 Å². The second-order valence-electron chi connectivity index (χ2n) is 5.56. The maximum absolute atomic E-state index is 12.2. The number of anilines is 1. The summed E-state index contributed by atoms with van der Waals surface area (Å²) >= 11 is 1.17. The zero-order valence-electron chi connectivity index (χ0n) is 13.1. The summed E-state index contributed by atoms with van der Waals surface area (Å²) in [7, 11) is -1.90. The number of nitrogens with one attached hydrogen (secondary N) is 1. The SMILES string of the molecule is COc1ccc(N2C[C@H](CNS(=O)(=O)c3cccs3)CC2=O)cc1.